The molecule has 1 N–H and O–H groups in total. The summed E-state index contributed by atoms with van der Waals surface area (Å²) in [6.45, 7) is 11.2. The van der Waals surface area contributed by atoms with Gasteiger partial charge in [-0.2, -0.15) is 0 Å². The zero-order chi connectivity index (χ0) is 10.0. The lowest BCUT2D eigenvalue weighted by Gasteiger charge is -2.40. The van der Waals surface area contributed by atoms with Crippen LogP contribution in [0.3, 0.4) is 0 Å². The van der Waals surface area contributed by atoms with Crippen LogP contribution in [0.15, 0.2) is 0 Å². The molecule has 82 valence electrons. The zero-order valence-electron chi connectivity index (χ0n) is 9.38. The smallest absolute Gasteiger partial charge is 0.0507 e. The van der Waals surface area contributed by atoms with Gasteiger partial charge in [0.05, 0.1) is 6.61 Å². The van der Waals surface area contributed by atoms with Gasteiger partial charge in [0.1, 0.15) is 0 Å². The predicted molar refractivity (Wildman–Crippen MR) is 57.4 cm³/mol. The standard InChI is InChI=1S/C11H22N2O/c1-11(2)9-13(5-4-12-11)7-10-3-6-14-8-10/h10,12H,3-9H2,1-2H3. The highest BCUT2D eigenvalue weighted by Gasteiger charge is 2.27. The van der Waals surface area contributed by atoms with E-state index in [4.69, 9.17) is 4.74 Å². The van der Waals surface area contributed by atoms with Crippen LogP contribution in [0.25, 0.3) is 0 Å². The van der Waals surface area contributed by atoms with Crippen LogP contribution < -0.4 is 5.32 Å². The van der Waals surface area contributed by atoms with Gasteiger partial charge in [0.25, 0.3) is 0 Å². The first-order chi connectivity index (χ1) is 6.66. The Kier molecular flexibility index (Phi) is 3.10. The first-order valence-corrected chi connectivity index (χ1v) is 5.71. The van der Waals surface area contributed by atoms with E-state index in [0.717, 1.165) is 25.7 Å². The van der Waals surface area contributed by atoms with E-state index in [1.807, 2.05) is 0 Å². The van der Waals surface area contributed by atoms with Gasteiger partial charge in [-0.05, 0) is 26.2 Å². The molecule has 0 amide bonds. The number of rotatable bonds is 2. The highest BCUT2D eigenvalue weighted by Crippen LogP contribution is 2.17. The van der Waals surface area contributed by atoms with Gasteiger partial charge in [-0.3, -0.25) is 4.90 Å². The molecule has 0 aliphatic carbocycles. The Morgan fingerprint density at radius 3 is 3.00 bits per heavy atom. The molecule has 2 heterocycles. The van der Waals surface area contributed by atoms with Gasteiger partial charge in [0.2, 0.25) is 0 Å². The largest absolute Gasteiger partial charge is 0.381 e. The van der Waals surface area contributed by atoms with E-state index in [2.05, 4.69) is 24.1 Å². The first kappa shape index (κ1) is 10.4. The molecular weight excluding hydrogens is 176 g/mol. The lowest BCUT2D eigenvalue weighted by atomic mass is 10.0. The second-order valence-corrected chi connectivity index (χ2v) is 5.28. The Balaban J connectivity index is 1.79. The molecule has 0 radical (unpaired) electrons. The Morgan fingerprint density at radius 2 is 2.36 bits per heavy atom. The van der Waals surface area contributed by atoms with Crippen molar-refractivity contribution in [2.45, 2.75) is 25.8 Å². The van der Waals surface area contributed by atoms with E-state index in [0.29, 0.717) is 0 Å². The maximum atomic E-state index is 5.41. The molecular formula is C11H22N2O. The lowest BCUT2D eigenvalue weighted by molar-refractivity contribution is 0.123. The van der Waals surface area contributed by atoms with Crippen molar-refractivity contribution in [1.82, 2.24) is 10.2 Å². The molecule has 0 spiro atoms. The second-order valence-electron chi connectivity index (χ2n) is 5.28. The quantitative estimate of drug-likeness (QED) is 0.707. The molecule has 2 aliphatic rings. The van der Waals surface area contributed by atoms with Gasteiger partial charge >= 0.3 is 0 Å². The van der Waals surface area contributed by atoms with Gasteiger partial charge < -0.3 is 10.1 Å². The summed E-state index contributed by atoms with van der Waals surface area (Å²) >= 11 is 0. The SMILES string of the molecule is CC1(C)CN(CC2CCOC2)CCN1. The van der Waals surface area contributed by atoms with E-state index in [1.165, 1.54) is 26.1 Å². The van der Waals surface area contributed by atoms with E-state index in [9.17, 15) is 0 Å². The number of nitrogens with zero attached hydrogens (tertiary/aromatic N) is 1. The molecule has 1 atom stereocenters. The third kappa shape index (κ3) is 2.69. The van der Waals surface area contributed by atoms with Crippen LogP contribution in [0.5, 0.6) is 0 Å². The van der Waals surface area contributed by atoms with Gasteiger partial charge in [0.15, 0.2) is 0 Å². The maximum absolute atomic E-state index is 5.41. The Hall–Kier alpha value is -0.120. The van der Waals surface area contributed by atoms with Gasteiger partial charge in [-0.15, -0.1) is 0 Å². The van der Waals surface area contributed by atoms with E-state index >= 15 is 0 Å². The van der Waals surface area contributed by atoms with Gasteiger partial charge in [0, 0.05) is 38.3 Å². The molecule has 0 saturated carbocycles. The van der Waals surface area contributed by atoms with Crippen molar-refractivity contribution in [1.29, 1.82) is 0 Å². The highest BCUT2D eigenvalue weighted by atomic mass is 16.5. The Morgan fingerprint density at radius 1 is 1.50 bits per heavy atom. The number of nitrogens with one attached hydrogen (secondary N) is 1. The summed E-state index contributed by atoms with van der Waals surface area (Å²) in [6, 6.07) is 0. The summed E-state index contributed by atoms with van der Waals surface area (Å²) in [7, 11) is 0. The fraction of sp³-hybridized carbons (Fsp3) is 1.00. The van der Waals surface area contributed by atoms with Crippen molar-refractivity contribution in [3.05, 3.63) is 0 Å². The van der Waals surface area contributed by atoms with Crippen molar-refractivity contribution >= 4 is 0 Å². The van der Waals surface area contributed by atoms with Crippen LogP contribution in [0.2, 0.25) is 0 Å². The third-order valence-electron chi connectivity index (χ3n) is 3.19. The monoisotopic (exact) mass is 198 g/mol. The van der Waals surface area contributed by atoms with Crippen LogP contribution in [0.4, 0.5) is 0 Å². The molecule has 3 nitrogen and oxygen atoms in total. The fourth-order valence-electron chi connectivity index (χ4n) is 2.49. The highest BCUT2D eigenvalue weighted by molar-refractivity contribution is 4.87. The fourth-order valence-corrected chi connectivity index (χ4v) is 2.49. The molecule has 0 aromatic rings. The summed E-state index contributed by atoms with van der Waals surface area (Å²) in [4.78, 5) is 2.58. The first-order valence-electron chi connectivity index (χ1n) is 5.71. The second kappa shape index (κ2) is 4.17. The van der Waals surface area contributed by atoms with Crippen LogP contribution in [0.1, 0.15) is 20.3 Å². The molecule has 1 unspecified atom stereocenters. The van der Waals surface area contributed by atoms with E-state index < -0.39 is 0 Å². The molecule has 3 heteroatoms. The van der Waals surface area contributed by atoms with Crippen LogP contribution in [-0.4, -0.2) is 49.8 Å². The minimum absolute atomic E-state index is 0.289. The summed E-state index contributed by atoms with van der Waals surface area (Å²) < 4.78 is 5.41. The summed E-state index contributed by atoms with van der Waals surface area (Å²) in [6.07, 6.45) is 1.25. The van der Waals surface area contributed by atoms with Crippen LogP contribution in [-0.2, 0) is 4.74 Å². The number of ether oxygens (including phenoxy) is 1. The average molecular weight is 198 g/mol. The molecule has 14 heavy (non-hydrogen) atoms. The number of hydrogen-bond donors (Lipinski definition) is 1. The molecule has 2 fully saturated rings. The van der Waals surface area contributed by atoms with E-state index in [1.54, 1.807) is 0 Å². The minimum Gasteiger partial charge on any atom is -0.381 e. The van der Waals surface area contributed by atoms with Gasteiger partial charge in [-0.25, -0.2) is 0 Å². The van der Waals surface area contributed by atoms with Crippen molar-refractivity contribution in [3.63, 3.8) is 0 Å². The molecule has 2 saturated heterocycles. The van der Waals surface area contributed by atoms with Crippen molar-refractivity contribution in [2.75, 3.05) is 39.4 Å². The van der Waals surface area contributed by atoms with Crippen LogP contribution in [0, 0.1) is 5.92 Å². The van der Waals surface area contributed by atoms with Crippen LogP contribution >= 0.6 is 0 Å². The molecule has 0 aromatic carbocycles. The van der Waals surface area contributed by atoms with Crippen molar-refractivity contribution in [3.8, 4) is 0 Å². The minimum atomic E-state index is 0.289. The zero-order valence-corrected chi connectivity index (χ0v) is 9.38. The average Bonchev–Trinajstić information content (AvgIpc) is 2.54. The van der Waals surface area contributed by atoms with E-state index in [-0.39, 0.29) is 5.54 Å². The number of piperazine rings is 1. The maximum Gasteiger partial charge on any atom is 0.0507 e. The summed E-state index contributed by atoms with van der Waals surface area (Å²) in [5, 5.41) is 3.54. The lowest BCUT2D eigenvalue weighted by Crippen LogP contribution is -2.57. The number of hydrogen-bond acceptors (Lipinski definition) is 3. The Bertz CT molecular complexity index is 188. The predicted octanol–water partition coefficient (Wildman–Crippen LogP) is 0.707. The Labute approximate surface area is 86.8 Å². The normalized spacial score (nSPS) is 33.4. The molecule has 2 aliphatic heterocycles. The summed E-state index contributed by atoms with van der Waals surface area (Å²) in [5.74, 6) is 0.781. The van der Waals surface area contributed by atoms with Crippen molar-refractivity contribution < 1.29 is 4.74 Å². The topological polar surface area (TPSA) is 24.5 Å². The molecule has 2 rings (SSSR count). The molecule has 0 aromatic heterocycles. The van der Waals surface area contributed by atoms with Crippen molar-refractivity contribution in [2.24, 2.45) is 5.92 Å². The summed E-state index contributed by atoms with van der Waals surface area (Å²) in [5.41, 5.74) is 0.289. The third-order valence-corrected chi connectivity index (χ3v) is 3.19. The van der Waals surface area contributed by atoms with Gasteiger partial charge in [-0.1, -0.05) is 0 Å². The molecule has 0 bridgehead atoms.